The van der Waals surface area contributed by atoms with Crippen LogP contribution in [-0.2, 0) is 9.53 Å². The number of hydrogen-bond acceptors (Lipinski definition) is 2. The Balaban J connectivity index is 1.86. The molecule has 5 unspecified atom stereocenters. The number of rotatable bonds is 4. The molecule has 2 fully saturated rings. The maximum atomic E-state index is 13.1. The highest BCUT2D eigenvalue weighted by atomic mass is 35.5. The summed E-state index contributed by atoms with van der Waals surface area (Å²) < 4.78 is 5.56. The van der Waals surface area contributed by atoms with Crippen LogP contribution in [-0.4, -0.2) is 25.7 Å². The van der Waals surface area contributed by atoms with Gasteiger partial charge in [0.15, 0.2) is 0 Å². The molecule has 154 valence electrons. The second-order valence-corrected chi connectivity index (χ2v) is 9.55. The standard InChI is InChI=1S/C23H24Cl3NO2/c1-13-21-20(14-3-5-15(24)6-4-14)18(17-8-7-16(25)11-19(17)26)9-10-23(21,12-29-2)22(28)27-13/h3-8,11,13,18,20-21H,9-10,12H2,1-2H3,(H,27,28). The number of carbonyl (C=O) groups excluding carboxylic acids is 1. The maximum Gasteiger partial charge on any atom is 0.229 e. The molecule has 3 nitrogen and oxygen atoms in total. The van der Waals surface area contributed by atoms with E-state index in [-0.39, 0.29) is 29.7 Å². The fourth-order valence-electron chi connectivity index (χ4n) is 5.62. The van der Waals surface area contributed by atoms with Crippen molar-refractivity contribution in [2.24, 2.45) is 11.3 Å². The molecule has 4 rings (SSSR count). The third kappa shape index (κ3) is 3.57. The molecule has 0 bridgehead atoms. The van der Waals surface area contributed by atoms with Gasteiger partial charge in [-0.3, -0.25) is 4.79 Å². The number of methoxy groups -OCH3 is 1. The number of amides is 1. The van der Waals surface area contributed by atoms with E-state index in [0.29, 0.717) is 21.7 Å². The first-order valence-corrected chi connectivity index (χ1v) is 11.0. The SMILES string of the molecule is COCC12CCC(c3ccc(Cl)cc3Cl)C(c3ccc(Cl)cc3)C1C(C)NC2=O. The lowest BCUT2D eigenvalue weighted by Gasteiger charge is -2.47. The van der Waals surface area contributed by atoms with Crippen molar-refractivity contribution >= 4 is 40.7 Å². The van der Waals surface area contributed by atoms with Gasteiger partial charge in [0.1, 0.15) is 0 Å². The number of halogens is 3. The van der Waals surface area contributed by atoms with Crippen LogP contribution in [0.5, 0.6) is 0 Å². The molecule has 2 aromatic carbocycles. The zero-order valence-electron chi connectivity index (χ0n) is 16.4. The van der Waals surface area contributed by atoms with Crippen LogP contribution in [0.3, 0.4) is 0 Å². The van der Waals surface area contributed by atoms with E-state index in [9.17, 15) is 4.79 Å². The van der Waals surface area contributed by atoms with Gasteiger partial charge in [-0.1, -0.05) is 53.0 Å². The number of benzene rings is 2. The lowest BCUT2D eigenvalue weighted by Crippen LogP contribution is -2.47. The number of carbonyl (C=O) groups is 1. The molecular weight excluding hydrogens is 429 g/mol. The highest BCUT2D eigenvalue weighted by molar-refractivity contribution is 6.35. The van der Waals surface area contributed by atoms with Gasteiger partial charge in [0.25, 0.3) is 0 Å². The van der Waals surface area contributed by atoms with Gasteiger partial charge in [-0.05, 0) is 67.0 Å². The van der Waals surface area contributed by atoms with Crippen LogP contribution in [0, 0.1) is 11.3 Å². The fraction of sp³-hybridized carbons (Fsp3) is 0.435. The van der Waals surface area contributed by atoms with Gasteiger partial charge < -0.3 is 10.1 Å². The van der Waals surface area contributed by atoms with Crippen LogP contribution < -0.4 is 5.32 Å². The van der Waals surface area contributed by atoms with E-state index in [2.05, 4.69) is 24.4 Å². The lowest BCUT2D eigenvalue weighted by atomic mass is 9.55. The predicted octanol–water partition coefficient (Wildman–Crippen LogP) is 6.08. The van der Waals surface area contributed by atoms with E-state index in [0.717, 1.165) is 18.4 Å². The molecule has 1 heterocycles. The summed E-state index contributed by atoms with van der Waals surface area (Å²) in [5, 5.41) is 5.18. The molecule has 2 aliphatic rings. The molecule has 1 aliphatic carbocycles. The Labute approximate surface area is 186 Å². The molecule has 5 atom stereocenters. The number of nitrogens with one attached hydrogen (secondary N) is 1. The predicted molar refractivity (Wildman–Crippen MR) is 118 cm³/mol. The minimum Gasteiger partial charge on any atom is -0.384 e. The molecule has 1 aliphatic heterocycles. The van der Waals surface area contributed by atoms with Gasteiger partial charge in [0.05, 0.1) is 12.0 Å². The first kappa shape index (κ1) is 21.0. The molecule has 1 N–H and O–H groups in total. The molecule has 1 amide bonds. The minimum atomic E-state index is -0.534. The van der Waals surface area contributed by atoms with Crippen LogP contribution in [0.25, 0.3) is 0 Å². The van der Waals surface area contributed by atoms with E-state index >= 15 is 0 Å². The summed E-state index contributed by atoms with van der Waals surface area (Å²) in [5.41, 5.74) is 1.71. The van der Waals surface area contributed by atoms with Crippen molar-refractivity contribution in [1.29, 1.82) is 0 Å². The van der Waals surface area contributed by atoms with Crippen LogP contribution in [0.15, 0.2) is 42.5 Å². The summed E-state index contributed by atoms with van der Waals surface area (Å²) in [5.74, 6) is 0.452. The van der Waals surface area contributed by atoms with Crippen molar-refractivity contribution in [3.05, 3.63) is 68.7 Å². The molecule has 1 saturated heterocycles. The molecule has 2 aromatic rings. The Hall–Kier alpha value is -1.26. The van der Waals surface area contributed by atoms with E-state index < -0.39 is 5.41 Å². The topological polar surface area (TPSA) is 38.3 Å². The van der Waals surface area contributed by atoms with Gasteiger partial charge in [-0.25, -0.2) is 0 Å². The Morgan fingerprint density at radius 2 is 1.79 bits per heavy atom. The summed E-state index contributed by atoms with van der Waals surface area (Å²) >= 11 is 18.9. The van der Waals surface area contributed by atoms with Crippen molar-refractivity contribution in [3.63, 3.8) is 0 Å². The number of fused-ring (bicyclic) bond motifs is 1. The van der Waals surface area contributed by atoms with Crippen molar-refractivity contribution in [2.75, 3.05) is 13.7 Å². The van der Waals surface area contributed by atoms with E-state index in [1.165, 1.54) is 5.56 Å². The maximum absolute atomic E-state index is 13.1. The highest BCUT2D eigenvalue weighted by Crippen LogP contribution is 2.59. The van der Waals surface area contributed by atoms with Crippen LogP contribution in [0.2, 0.25) is 15.1 Å². The average Bonchev–Trinajstić information content (AvgIpc) is 2.93. The highest BCUT2D eigenvalue weighted by Gasteiger charge is 2.60. The monoisotopic (exact) mass is 451 g/mol. The largest absolute Gasteiger partial charge is 0.384 e. The molecule has 0 aromatic heterocycles. The van der Waals surface area contributed by atoms with Crippen LogP contribution >= 0.6 is 34.8 Å². The number of hydrogen-bond donors (Lipinski definition) is 1. The van der Waals surface area contributed by atoms with Gasteiger partial charge in [0, 0.05) is 34.1 Å². The van der Waals surface area contributed by atoms with Crippen molar-refractivity contribution in [2.45, 2.75) is 37.6 Å². The Morgan fingerprint density at radius 3 is 2.45 bits per heavy atom. The first-order valence-electron chi connectivity index (χ1n) is 9.87. The molecule has 0 radical (unpaired) electrons. The Morgan fingerprint density at radius 1 is 1.10 bits per heavy atom. The normalized spacial score (nSPS) is 31.4. The van der Waals surface area contributed by atoms with Crippen molar-refractivity contribution in [3.8, 4) is 0 Å². The molecule has 0 spiro atoms. The quantitative estimate of drug-likeness (QED) is 0.611. The fourth-order valence-corrected chi connectivity index (χ4v) is 6.29. The molecule has 6 heteroatoms. The van der Waals surface area contributed by atoms with Crippen molar-refractivity contribution in [1.82, 2.24) is 5.32 Å². The van der Waals surface area contributed by atoms with E-state index in [4.69, 9.17) is 39.5 Å². The summed E-state index contributed by atoms with van der Waals surface area (Å²) in [6, 6.07) is 13.7. The second kappa shape index (κ2) is 8.11. The lowest BCUT2D eigenvalue weighted by molar-refractivity contribution is -0.135. The summed E-state index contributed by atoms with van der Waals surface area (Å²) in [6.45, 7) is 2.51. The van der Waals surface area contributed by atoms with Gasteiger partial charge in [-0.2, -0.15) is 0 Å². The van der Waals surface area contributed by atoms with Gasteiger partial charge in [-0.15, -0.1) is 0 Å². The zero-order valence-corrected chi connectivity index (χ0v) is 18.7. The average molecular weight is 453 g/mol. The summed E-state index contributed by atoms with van der Waals surface area (Å²) in [4.78, 5) is 13.1. The van der Waals surface area contributed by atoms with E-state index in [1.807, 2.05) is 24.3 Å². The van der Waals surface area contributed by atoms with E-state index in [1.54, 1.807) is 13.2 Å². The number of ether oxygens (including phenoxy) is 1. The van der Waals surface area contributed by atoms with Gasteiger partial charge >= 0.3 is 0 Å². The minimum absolute atomic E-state index is 0.0344. The molecular formula is C23H24Cl3NO2. The van der Waals surface area contributed by atoms with Crippen molar-refractivity contribution < 1.29 is 9.53 Å². The zero-order chi connectivity index (χ0) is 20.8. The second-order valence-electron chi connectivity index (χ2n) is 8.27. The Bertz CT molecular complexity index is 917. The third-order valence-corrected chi connectivity index (χ3v) is 7.54. The van der Waals surface area contributed by atoms with Crippen LogP contribution in [0.1, 0.15) is 42.7 Å². The molecule has 1 saturated carbocycles. The first-order chi connectivity index (χ1) is 13.9. The third-order valence-electron chi connectivity index (χ3n) is 6.73. The smallest absolute Gasteiger partial charge is 0.229 e. The molecule has 29 heavy (non-hydrogen) atoms. The van der Waals surface area contributed by atoms with Crippen LogP contribution in [0.4, 0.5) is 0 Å². The summed E-state index contributed by atoms with van der Waals surface area (Å²) in [7, 11) is 1.67. The summed E-state index contributed by atoms with van der Waals surface area (Å²) in [6.07, 6.45) is 1.60. The Kier molecular flexibility index (Phi) is 5.87. The van der Waals surface area contributed by atoms with Gasteiger partial charge in [0.2, 0.25) is 5.91 Å².